The third kappa shape index (κ3) is 5.46. The van der Waals surface area contributed by atoms with Crippen LogP contribution in [0.4, 0.5) is 0 Å². The molecular weight excluding hydrogens is 522 g/mol. The van der Waals surface area contributed by atoms with Gasteiger partial charge in [0.05, 0.1) is 32.4 Å². The molecule has 1 aromatic heterocycles. The van der Waals surface area contributed by atoms with Crippen LogP contribution in [0.1, 0.15) is 48.4 Å². The van der Waals surface area contributed by atoms with Gasteiger partial charge in [0.1, 0.15) is 23.4 Å². The van der Waals surface area contributed by atoms with Crippen LogP contribution in [0.5, 0.6) is 5.75 Å². The van der Waals surface area contributed by atoms with Gasteiger partial charge in [0.2, 0.25) is 11.8 Å². The topological polar surface area (TPSA) is 179 Å². The van der Waals surface area contributed by atoms with Gasteiger partial charge < -0.3 is 30.3 Å². The SMILES string of the molecule is COc1ccc(Cn2nnc(C(=O)N3CCCC34CN(CC(=O)NC(C(N)=O)C(C)OC(C)=O)C4=O)c2C)cc1. The standard InChI is InChI=1S/C26H33N7O7/c1-15-21(29-30-33(15)12-18-6-8-19(39-4)9-7-18)24(37)32-11-5-10-26(32)14-31(25(26)38)13-20(35)28-22(23(27)36)16(2)40-17(3)34/h6-9,16,22H,5,10-14H2,1-4H3,(H2,27,36)(H,28,35). The second-order valence-electron chi connectivity index (χ2n) is 10.0. The van der Waals surface area contributed by atoms with Crippen molar-refractivity contribution in [3.63, 3.8) is 0 Å². The summed E-state index contributed by atoms with van der Waals surface area (Å²) in [7, 11) is 1.59. The number of amides is 4. The van der Waals surface area contributed by atoms with E-state index in [0.29, 0.717) is 31.6 Å². The summed E-state index contributed by atoms with van der Waals surface area (Å²) in [4.78, 5) is 65.3. The predicted molar refractivity (Wildman–Crippen MR) is 139 cm³/mol. The Morgan fingerprint density at radius 1 is 1.20 bits per heavy atom. The van der Waals surface area contributed by atoms with E-state index in [1.807, 2.05) is 24.3 Å². The van der Waals surface area contributed by atoms with Gasteiger partial charge in [-0.3, -0.25) is 24.0 Å². The number of benzene rings is 1. The van der Waals surface area contributed by atoms with E-state index >= 15 is 0 Å². The van der Waals surface area contributed by atoms with Crippen molar-refractivity contribution in [2.45, 2.75) is 57.8 Å². The molecule has 3 heterocycles. The minimum Gasteiger partial charge on any atom is -0.497 e. The average molecular weight is 556 g/mol. The first-order valence-electron chi connectivity index (χ1n) is 12.9. The van der Waals surface area contributed by atoms with Crippen LogP contribution in [0.15, 0.2) is 24.3 Å². The number of primary amides is 1. The lowest BCUT2D eigenvalue weighted by Gasteiger charge is -2.50. The molecule has 2 saturated heterocycles. The van der Waals surface area contributed by atoms with Gasteiger partial charge in [-0.2, -0.15) is 0 Å². The number of aromatic nitrogens is 3. The number of hydrogen-bond acceptors (Lipinski definition) is 9. The molecule has 0 bridgehead atoms. The van der Waals surface area contributed by atoms with Gasteiger partial charge in [0, 0.05) is 13.5 Å². The van der Waals surface area contributed by atoms with Crippen LogP contribution in [0, 0.1) is 6.92 Å². The van der Waals surface area contributed by atoms with Gasteiger partial charge >= 0.3 is 5.97 Å². The van der Waals surface area contributed by atoms with Gasteiger partial charge in [-0.1, -0.05) is 17.3 Å². The molecule has 1 spiro atoms. The van der Waals surface area contributed by atoms with Gasteiger partial charge in [0.15, 0.2) is 5.69 Å². The highest BCUT2D eigenvalue weighted by molar-refractivity contribution is 6.03. The summed E-state index contributed by atoms with van der Waals surface area (Å²) >= 11 is 0. The number of likely N-dealkylation sites (tertiary alicyclic amines) is 2. The Balaban J connectivity index is 1.40. The number of rotatable bonds is 10. The number of carbonyl (C=O) groups is 5. The van der Waals surface area contributed by atoms with Crippen LogP contribution < -0.4 is 15.8 Å². The van der Waals surface area contributed by atoms with Crippen LogP contribution in [0.25, 0.3) is 0 Å². The van der Waals surface area contributed by atoms with E-state index in [9.17, 15) is 24.0 Å². The summed E-state index contributed by atoms with van der Waals surface area (Å²) in [5.74, 6) is -2.17. The highest BCUT2D eigenvalue weighted by Crippen LogP contribution is 2.39. The Morgan fingerprint density at radius 2 is 1.90 bits per heavy atom. The van der Waals surface area contributed by atoms with Crippen LogP contribution in [0.2, 0.25) is 0 Å². The monoisotopic (exact) mass is 555 g/mol. The summed E-state index contributed by atoms with van der Waals surface area (Å²) < 4.78 is 11.8. The molecule has 4 amide bonds. The minimum atomic E-state index is -1.25. The molecule has 2 aromatic rings. The van der Waals surface area contributed by atoms with Crippen molar-refractivity contribution in [2.24, 2.45) is 5.73 Å². The molecule has 2 aliphatic heterocycles. The van der Waals surface area contributed by atoms with Crippen molar-refractivity contribution in [2.75, 3.05) is 26.7 Å². The van der Waals surface area contributed by atoms with E-state index in [0.717, 1.165) is 11.3 Å². The van der Waals surface area contributed by atoms with E-state index in [1.54, 1.807) is 18.7 Å². The molecule has 0 saturated carbocycles. The van der Waals surface area contributed by atoms with Crippen molar-refractivity contribution in [1.29, 1.82) is 0 Å². The number of carbonyl (C=O) groups excluding carboxylic acids is 5. The maximum absolute atomic E-state index is 13.5. The average Bonchev–Trinajstić information content (AvgIpc) is 3.51. The van der Waals surface area contributed by atoms with Gasteiger partial charge in [0.25, 0.3) is 11.8 Å². The molecule has 40 heavy (non-hydrogen) atoms. The van der Waals surface area contributed by atoms with Gasteiger partial charge in [-0.25, -0.2) is 4.68 Å². The fourth-order valence-electron chi connectivity index (χ4n) is 5.23. The predicted octanol–water partition coefficient (Wildman–Crippen LogP) is -0.618. The van der Waals surface area contributed by atoms with Crippen LogP contribution in [0.3, 0.4) is 0 Å². The zero-order chi connectivity index (χ0) is 29.2. The number of nitrogens with one attached hydrogen (secondary N) is 1. The molecule has 3 atom stereocenters. The highest BCUT2D eigenvalue weighted by atomic mass is 16.5. The van der Waals surface area contributed by atoms with Crippen molar-refractivity contribution >= 4 is 29.6 Å². The van der Waals surface area contributed by atoms with Crippen molar-refractivity contribution < 1.29 is 33.4 Å². The van der Waals surface area contributed by atoms with E-state index in [4.69, 9.17) is 15.2 Å². The second kappa shape index (κ2) is 11.3. The first-order chi connectivity index (χ1) is 19.0. The number of nitrogens with zero attached hydrogens (tertiary/aromatic N) is 5. The molecular formula is C26H33N7O7. The first-order valence-corrected chi connectivity index (χ1v) is 12.9. The molecule has 2 aliphatic rings. The van der Waals surface area contributed by atoms with E-state index in [1.165, 1.54) is 23.6 Å². The maximum atomic E-state index is 13.5. The smallest absolute Gasteiger partial charge is 0.302 e. The van der Waals surface area contributed by atoms with Crippen molar-refractivity contribution in [3.8, 4) is 5.75 Å². The van der Waals surface area contributed by atoms with Gasteiger partial charge in [-0.05, 0) is 44.4 Å². The number of methoxy groups -OCH3 is 1. The lowest BCUT2D eigenvalue weighted by molar-refractivity contribution is -0.161. The van der Waals surface area contributed by atoms with Crippen molar-refractivity contribution in [1.82, 2.24) is 30.1 Å². The molecule has 0 radical (unpaired) electrons. The minimum absolute atomic E-state index is 0.158. The number of hydrogen-bond donors (Lipinski definition) is 2. The summed E-state index contributed by atoms with van der Waals surface area (Å²) in [6.45, 7) is 4.96. The zero-order valence-electron chi connectivity index (χ0n) is 22.9. The quantitative estimate of drug-likeness (QED) is 0.285. The van der Waals surface area contributed by atoms with Gasteiger partial charge in [-0.15, -0.1) is 5.10 Å². The lowest BCUT2D eigenvalue weighted by atomic mass is 9.85. The van der Waals surface area contributed by atoms with Crippen molar-refractivity contribution in [3.05, 3.63) is 41.2 Å². The Labute approximate surface area is 230 Å². The van der Waals surface area contributed by atoms with Crippen LogP contribution in [-0.2, 0) is 30.5 Å². The summed E-state index contributed by atoms with van der Waals surface area (Å²) in [5, 5.41) is 10.7. The fourth-order valence-corrected chi connectivity index (χ4v) is 5.23. The second-order valence-corrected chi connectivity index (χ2v) is 10.0. The normalized spacial score (nSPS) is 19.6. The van der Waals surface area contributed by atoms with Crippen LogP contribution in [-0.4, -0.2) is 98.8 Å². The number of esters is 1. The first kappa shape index (κ1) is 28.5. The number of β-lactam (4-membered cyclic amide) rings is 1. The molecule has 3 unspecified atom stereocenters. The van der Waals surface area contributed by atoms with Crippen LogP contribution >= 0.6 is 0 Å². The molecule has 3 N–H and O–H groups in total. The Morgan fingerprint density at radius 3 is 2.50 bits per heavy atom. The molecule has 2 fully saturated rings. The maximum Gasteiger partial charge on any atom is 0.302 e. The largest absolute Gasteiger partial charge is 0.497 e. The fraction of sp³-hybridized carbons (Fsp3) is 0.500. The molecule has 214 valence electrons. The number of ether oxygens (including phenoxy) is 2. The summed E-state index contributed by atoms with van der Waals surface area (Å²) in [6, 6.07) is 6.22. The van der Waals surface area contributed by atoms with E-state index in [2.05, 4.69) is 15.6 Å². The zero-order valence-corrected chi connectivity index (χ0v) is 22.9. The van der Waals surface area contributed by atoms with E-state index < -0.39 is 41.4 Å². The number of nitrogens with two attached hydrogens (primary N) is 1. The molecule has 14 nitrogen and oxygen atoms in total. The molecule has 0 aliphatic carbocycles. The van der Waals surface area contributed by atoms with E-state index in [-0.39, 0.29) is 24.7 Å². The molecule has 4 rings (SSSR count). The third-order valence-corrected chi connectivity index (χ3v) is 7.33. The third-order valence-electron chi connectivity index (χ3n) is 7.33. The lowest BCUT2D eigenvalue weighted by Crippen LogP contribution is -2.74. The molecule has 14 heteroatoms. The highest BCUT2D eigenvalue weighted by Gasteiger charge is 2.60. The Kier molecular flexibility index (Phi) is 8.07. The Bertz CT molecular complexity index is 1330. The summed E-state index contributed by atoms with van der Waals surface area (Å²) in [6.07, 6.45) is 0.101. The summed E-state index contributed by atoms with van der Waals surface area (Å²) in [5.41, 5.74) is 5.99. The molecule has 1 aromatic carbocycles. The Hall–Kier alpha value is -4.49.